The zero-order valence-corrected chi connectivity index (χ0v) is 11.2. The van der Waals surface area contributed by atoms with E-state index in [1.165, 1.54) is 11.8 Å². The van der Waals surface area contributed by atoms with Crippen molar-refractivity contribution >= 4 is 16.8 Å². The van der Waals surface area contributed by atoms with Crippen LogP contribution in [0.3, 0.4) is 0 Å². The number of benzene rings is 1. The first-order chi connectivity index (χ1) is 9.01. The highest BCUT2D eigenvalue weighted by molar-refractivity contribution is 5.80. The fourth-order valence-electron chi connectivity index (χ4n) is 1.84. The van der Waals surface area contributed by atoms with Gasteiger partial charge in [0.25, 0.3) is 5.56 Å². The zero-order valence-electron chi connectivity index (χ0n) is 11.2. The van der Waals surface area contributed by atoms with Gasteiger partial charge in [0.1, 0.15) is 5.75 Å². The van der Waals surface area contributed by atoms with Crippen LogP contribution >= 0.6 is 0 Å². The van der Waals surface area contributed by atoms with E-state index in [9.17, 15) is 9.59 Å². The van der Waals surface area contributed by atoms with Crippen molar-refractivity contribution in [3.8, 4) is 5.75 Å². The number of nitrogens with one attached hydrogen (secondary N) is 1. The lowest BCUT2D eigenvalue weighted by atomic mass is 10.1. The minimum Gasteiger partial charge on any atom is -0.497 e. The number of rotatable bonds is 3. The first kappa shape index (κ1) is 13.1. The molecule has 2 aromatic rings. The number of methoxy groups -OCH3 is 1. The normalized spacial score (nSPS) is 10.5. The SMILES string of the molecule is COc1ccc2[nH]c(=O)c(CN(C)C(C)=O)cc2c1. The molecule has 1 N–H and O–H groups in total. The van der Waals surface area contributed by atoms with Gasteiger partial charge in [-0.3, -0.25) is 9.59 Å². The largest absolute Gasteiger partial charge is 0.497 e. The first-order valence-electron chi connectivity index (χ1n) is 5.93. The molecule has 5 heteroatoms. The lowest BCUT2D eigenvalue weighted by Crippen LogP contribution is -2.27. The van der Waals surface area contributed by atoms with Crippen molar-refractivity contribution in [1.29, 1.82) is 0 Å². The number of carbonyl (C=O) groups is 1. The molecular formula is C14H16N2O3. The van der Waals surface area contributed by atoms with Crippen molar-refractivity contribution in [3.63, 3.8) is 0 Å². The van der Waals surface area contributed by atoms with E-state index in [1.54, 1.807) is 32.4 Å². The summed E-state index contributed by atoms with van der Waals surface area (Å²) in [6.07, 6.45) is 0. The van der Waals surface area contributed by atoms with E-state index < -0.39 is 0 Å². The number of hydrogen-bond donors (Lipinski definition) is 1. The van der Waals surface area contributed by atoms with Gasteiger partial charge >= 0.3 is 0 Å². The maximum absolute atomic E-state index is 11.9. The Morgan fingerprint density at radius 1 is 1.37 bits per heavy atom. The number of hydrogen-bond acceptors (Lipinski definition) is 3. The standard InChI is InChI=1S/C14H16N2O3/c1-9(17)16(2)8-11-6-10-7-12(19-3)4-5-13(10)15-14(11)18/h4-7H,8H2,1-3H3,(H,15,18). The second kappa shape index (κ2) is 5.14. The number of aromatic amines is 1. The van der Waals surface area contributed by atoms with Crippen LogP contribution in [0.4, 0.5) is 0 Å². The number of carbonyl (C=O) groups excluding carboxylic acids is 1. The van der Waals surface area contributed by atoms with Crippen LogP contribution in [0.25, 0.3) is 10.9 Å². The molecular weight excluding hydrogens is 244 g/mol. The van der Waals surface area contributed by atoms with Crippen LogP contribution in [0.1, 0.15) is 12.5 Å². The molecule has 5 nitrogen and oxygen atoms in total. The van der Waals surface area contributed by atoms with Gasteiger partial charge in [-0.25, -0.2) is 0 Å². The molecule has 1 amide bonds. The minimum absolute atomic E-state index is 0.0786. The highest BCUT2D eigenvalue weighted by atomic mass is 16.5. The van der Waals surface area contributed by atoms with E-state index in [4.69, 9.17) is 4.74 Å². The predicted molar refractivity (Wildman–Crippen MR) is 73.3 cm³/mol. The Bertz CT molecular complexity index is 676. The maximum atomic E-state index is 11.9. The number of pyridine rings is 1. The molecule has 0 unspecified atom stereocenters. The molecule has 0 aliphatic rings. The quantitative estimate of drug-likeness (QED) is 0.910. The molecule has 0 radical (unpaired) electrons. The third kappa shape index (κ3) is 2.76. The summed E-state index contributed by atoms with van der Waals surface area (Å²) in [5.41, 5.74) is 1.13. The van der Waals surface area contributed by atoms with Crippen molar-refractivity contribution in [1.82, 2.24) is 9.88 Å². The fourth-order valence-corrected chi connectivity index (χ4v) is 1.84. The topological polar surface area (TPSA) is 62.4 Å². The molecule has 0 aliphatic heterocycles. The summed E-state index contributed by atoms with van der Waals surface area (Å²) in [4.78, 5) is 27.4. The molecule has 1 aromatic carbocycles. The van der Waals surface area contributed by atoms with E-state index in [-0.39, 0.29) is 18.0 Å². The molecule has 0 bridgehead atoms. The Morgan fingerprint density at radius 3 is 2.74 bits per heavy atom. The van der Waals surface area contributed by atoms with Gasteiger partial charge in [0.2, 0.25) is 5.91 Å². The summed E-state index contributed by atoms with van der Waals surface area (Å²) >= 11 is 0. The van der Waals surface area contributed by atoms with Crippen molar-refractivity contribution in [2.24, 2.45) is 0 Å². The Hall–Kier alpha value is -2.30. The summed E-state index contributed by atoms with van der Waals surface area (Å²) in [6.45, 7) is 1.76. The van der Waals surface area contributed by atoms with E-state index in [1.807, 2.05) is 6.07 Å². The second-order valence-electron chi connectivity index (χ2n) is 4.45. The number of nitrogens with zero attached hydrogens (tertiary/aromatic N) is 1. The molecule has 1 heterocycles. The van der Waals surface area contributed by atoms with Gasteiger partial charge < -0.3 is 14.6 Å². The average molecular weight is 260 g/mol. The molecule has 0 saturated carbocycles. The van der Waals surface area contributed by atoms with Crippen LogP contribution < -0.4 is 10.3 Å². The molecule has 0 saturated heterocycles. The molecule has 2 rings (SSSR count). The zero-order chi connectivity index (χ0) is 14.0. The van der Waals surface area contributed by atoms with Gasteiger partial charge in [-0.15, -0.1) is 0 Å². The Balaban J connectivity index is 2.47. The summed E-state index contributed by atoms with van der Waals surface area (Å²) in [7, 11) is 3.26. The second-order valence-corrected chi connectivity index (χ2v) is 4.45. The maximum Gasteiger partial charge on any atom is 0.253 e. The van der Waals surface area contributed by atoms with Crippen molar-refractivity contribution in [2.45, 2.75) is 13.5 Å². The molecule has 1 aromatic heterocycles. The summed E-state index contributed by atoms with van der Waals surface area (Å²) < 4.78 is 5.16. The Kier molecular flexibility index (Phi) is 3.55. The van der Waals surface area contributed by atoms with Crippen LogP contribution in [-0.4, -0.2) is 29.9 Å². The van der Waals surface area contributed by atoms with Gasteiger partial charge in [0, 0.05) is 30.4 Å². The summed E-state index contributed by atoms with van der Waals surface area (Å²) in [5.74, 6) is 0.649. The van der Waals surface area contributed by atoms with Crippen molar-refractivity contribution < 1.29 is 9.53 Å². The number of amides is 1. The van der Waals surface area contributed by atoms with Crippen LogP contribution in [0.2, 0.25) is 0 Å². The predicted octanol–water partition coefficient (Wildman–Crippen LogP) is 1.51. The van der Waals surface area contributed by atoms with Crippen LogP contribution in [0, 0.1) is 0 Å². The van der Waals surface area contributed by atoms with Crippen LogP contribution in [-0.2, 0) is 11.3 Å². The summed E-state index contributed by atoms with van der Waals surface area (Å²) in [6, 6.07) is 7.23. The Morgan fingerprint density at radius 2 is 2.11 bits per heavy atom. The van der Waals surface area contributed by atoms with E-state index in [0.717, 1.165) is 16.7 Å². The van der Waals surface area contributed by atoms with E-state index in [2.05, 4.69) is 4.98 Å². The highest BCUT2D eigenvalue weighted by Crippen LogP contribution is 2.19. The Labute approximate surface area is 110 Å². The molecule has 0 aliphatic carbocycles. The van der Waals surface area contributed by atoms with Crippen LogP contribution in [0.15, 0.2) is 29.1 Å². The molecule has 0 spiro atoms. The van der Waals surface area contributed by atoms with E-state index in [0.29, 0.717) is 5.56 Å². The molecule has 0 fully saturated rings. The first-order valence-corrected chi connectivity index (χ1v) is 5.93. The van der Waals surface area contributed by atoms with Crippen molar-refractivity contribution in [3.05, 3.63) is 40.2 Å². The minimum atomic E-state index is -0.175. The monoisotopic (exact) mass is 260 g/mol. The van der Waals surface area contributed by atoms with Gasteiger partial charge in [-0.05, 0) is 24.3 Å². The number of H-pyrrole nitrogens is 1. The van der Waals surface area contributed by atoms with Gasteiger partial charge in [0.15, 0.2) is 0 Å². The molecule has 100 valence electrons. The van der Waals surface area contributed by atoms with Gasteiger partial charge in [0.05, 0.1) is 13.7 Å². The van der Waals surface area contributed by atoms with Gasteiger partial charge in [-0.2, -0.15) is 0 Å². The average Bonchev–Trinajstić information content (AvgIpc) is 2.38. The number of ether oxygens (including phenoxy) is 1. The highest BCUT2D eigenvalue weighted by Gasteiger charge is 2.08. The number of aromatic nitrogens is 1. The lowest BCUT2D eigenvalue weighted by Gasteiger charge is -2.14. The third-order valence-electron chi connectivity index (χ3n) is 3.07. The van der Waals surface area contributed by atoms with E-state index >= 15 is 0 Å². The molecule has 0 atom stereocenters. The number of fused-ring (bicyclic) bond motifs is 1. The fraction of sp³-hybridized carbons (Fsp3) is 0.286. The van der Waals surface area contributed by atoms with Gasteiger partial charge in [-0.1, -0.05) is 0 Å². The summed E-state index contributed by atoms with van der Waals surface area (Å²) in [5, 5.41) is 0.880. The lowest BCUT2D eigenvalue weighted by molar-refractivity contribution is -0.128. The van der Waals surface area contributed by atoms with Crippen LogP contribution in [0.5, 0.6) is 5.75 Å². The third-order valence-corrected chi connectivity index (χ3v) is 3.07. The molecule has 19 heavy (non-hydrogen) atoms. The smallest absolute Gasteiger partial charge is 0.253 e. The van der Waals surface area contributed by atoms with Crippen molar-refractivity contribution in [2.75, 3.05) is 14.2 Å².